The van der Waals surface area contributed by atoms with Crippen LogP contribution in [-0.2, 0) is 0 Å². The van der Waals surface area contributed by atoms with Crippen molar-refractivity contribution in [1.29, 1.82) is 0 Å². The molecule has 0 spiro atoms. The maximum Gasteiger partial charge on any atom is 0.406 e. The molecule has 0 aliphatic heterocycles. The van der Waals surface area contributed by atoms with E-state index in [0.29, 0.717) is 6.54 Å². The van der Waals surface area contributed by atoms with Gasteiger partial charge in [0.2, 0.25) is 5.89 Å². The highest BCUT2D eigenvalue weighted by Gasteiger charge is 2.31. The summed E-state index contributed by atoms with van der Waals surface area (Å²) in [5.41, 5.74) is 0. The summed E-state index contributed by atoms with van der Waals surface area (Å²) >= 11 is 0. The number of hydrogen-bond acceptors (Lipinski definition) is 5. The molecule has 0 amide bonds. The molecule has 17 heavy (non-hydrogen) atoms. The van der Waals surface area contributed by atoms with Gasteiger partial charge in [0, 0.05) is 7.05 Å². The summed E-state index contributed by atoms with van der Waals surface area (Å²) < 4.78 is 41.5. The Labute approximate surface area is 97.0 Å². The molecular weight excluding hydrogens is 237 g/mol. The normalized spacial score (nSPS) is 13.8. The van der Waals surface area contributed by atoms with Gasteiger partial charge in [-0.15, -0.1) is 5.10 Å². The number of alkyl halides is 3. The van der Waals surface area contributed by atoms with Crippen LogP contribution in [0.15, 0.2) is 4.42 Å². The Hall–Kier alpha value is -1.31. The zero-order valence-corrected chi connectivity index (χ0v) is 9.88. The van der Waals surface area contributed by atoms with E-state index in [9.17, 15) is 13.2 Å². The zero-order valence-electron chi connectivity index (χ0n) is 9.88. The fraction of sp³-hybridized carbons (Fsp3) is 0.778. The second-order valence-electron chi connectivity index (χ2n) is 3.67. The van der Waals surface area contributed by atoms with Crippen LogP contribution in [0.4, 0.5) is 19.2 Å². The Balaban J connectivity index is 2.67. The number of rotatable bonds is 5. The van der Waals surface area contributed by atoms with E-state index in [1.165, 1.54) is 7.05 Å². The minimum atomic E-state index is -4.29. The van der Waals surface area contributed by atoms with Crippen LogP contribution in [0.1, 0.15) is 25.8 Å². The first kappa shape index (κ1) is 13.8. The molecule has 0 aliphatic rings. The third kappa shape index (κ3) is 4.22. The Morgan fingerprint density at radius 1 is 1.41 bits per heavy atom. The molecule has 1 aromatic heterocycles. The van der Waals surface area contributed by atoms with Gasteiger partial charge in [0.1, 0.15) is 6.54 Å². The van der Waals surface area contributed by atoms with E-state index in [-0.39, 0.29) is 17.9 Å². The molecular formula is C9H15F3N4O. The Kier molecular flexibility index (Phi) is 4.33. The molecule has 0 radical (unpaired) electrons. The van der Waals surface area contributed by atoms with Crippen LogP contribution >= 0.6 is 0 Å². The molecule has 0 aromatic carbocycles. The van der Waals surface area contributed by atoms with Crippen molar-refractivity contribution in [3.05, 3.63) is 5.89 Å². The lowest BCUT2D eigenvalue weighted by atomic mass is 10.3. The van der Waals surface area contributed by atoms with Gasteiger partial charge in [-0.1, -0.05) is 12.0 Å². The van der Waals surface area contributed by atoms with Crippen molar-refractivity contribution in [2.45, 2.75) is 26.1 Å². The Morgan fingerprint density at radius 3 is 2.59 bits per heavy atom. The first-order valence-corrected chi connectivity index (χ1v) is 5.18. The standard InChI is InChI=1S/C9H15F3N4O/c1-4-13-6(2)7-14-15-8(17-7)16(3)5-9(10,11)12/h6,13H,4-5H2,1-3H3. The highest BCUT2D eigenvalue weighted by Crippen LogP contribution is 2.21. The van der Waals surface area contributed by atoms with Gasteiger partial charge in [-0.05, 0) is 13.5 Å². The van der Waals surface area contributed by atoms with Crippen molar-refractivity contribution >= 4 is 6.01 Å². The molecule has 98 valence electrons. The van der Waals surface area contributed by atoms with Gasteiger partial charge in [0.15, 0.2) is 0 Å². The number of anilines is 1. The Morgan fingerprint density at radius 2 is 2.06 bits per heavy atom. The summed E-state index contributed by atoms with van der Waals surface area (Å²) in [5, 5.41) is 10.3. The maximum atomic E-state index is 12.1. The van der Waals surface area contributed by atoms with Gasteiger partial charge in [-0.3, -0.25) is 0 Å². The van der Waals surface area contributed by atoms with Crippen LogP contribution in [0.2, 0.25) is 0 Å². The highest BCUT2D eigenvalue weighted by molar-refractivity contribution is 5.22. The van der Waals surface area contributed by atoms with Gasteiger partial charge in [0.05, 0.1) is 6.04 Å². The van der Waals surface area contributed by atoms with Crippen LogP contribution in [0, 0.1) is 0 Å². The lowest BCUT2D eigenvalue weighted by molar-refractivity contribution is -0.119. The second kappa shape index (κ2) is 5.35. The summed E-state index contributed by atoms with van der Waals surface area (Å²) in [5.74, 6) is 0.274. The van der Waals surface area contributed by atoms with Gasteiger partial charge in [0.25, 0.3) is 0 Å². The topological polar surface area (TPSA) is 54.2 Å². The van der Waals surface area contributed by atoms with Crippen LogP contribution in [-0.4, -0.2) is 36.5 Å². The highest BCUT2D eigenvalue weighted by atomic mass is 19.4. The van der Waals surface area contributed by atoms with E-state index in [1.54, 1.807) is 6.92 Å². The van der Waals surface area contributed by atoms with E-state index in [2.05, 4.69) is 15.5 Å². The average molecular weight is 252 g/mol. The van der Waals surface area contributed by atoms with E-state index in [0.717, 1.165) is 4.90 Å². The number of nitrogens with zero attached hydrogens (tertiary/aromatic N) is 3. The van der Waals surface area contributed by atoms with Gasteiger partial charge >= 0.3 is 12.2 Å². The molecule has 1 atom stereocenters. The molecule has 1 rings (SSSR count). The summed E-state index contributed by atoms with van der Waals surface area (Å²) in [7, 11) is 1.25. The third-order valence-corrected chi connectivity index (χ3v) is 2.05. The molecule has 0 bridgehead atoms. The molecule has 0 aliphatic carbocycles. The van der Waals surface area contributed by atoms with Crippen LogP contribution in [0.5, 0.6) is 0 Å². The first-order valence-electron chi connectivity index (χ1n) is 5.18. The Bertz CT molecular complexity index is 352. The van der Waals surface area contributed by atoms with Crippen molar-refractivity contribution in [2.24, 2.45) is 0 Å². The minimum Gasteiger partial charge on any atom is -0.406 e. The summed E-state index contributed by atoms with van der Waals surface area (Å²) in [6.45, 7) is 3.29. The zero-order chi connectivity index (χ0) is 13.1. The molecule has 0 fully saturated rings. The molecule has 8 heteroatoms. The van der Waals surface area contributed by atoms with E-state index in [1.807, 2.05) is 6.92 Å². The molecule has 0 saturated carbocycles. The maximum absolute atomic E-state index is 12.1. The van der Waals surface area contributed by atoms with Crippen LogP contribution in [0.3, 0.4) is 0 Å². The van der Waals surface area contributed by atoms with Crippen molar-refractivity contribution in [2.75, 3.05) is 25.0 Å². The average Bonchev–Trinajstić information content (AvgIpc) is 2.63. The fourth-order valence-corrected chi connectivity index (χ4v) is 1.29. The molecule has 1 N–H and O–H groups in total. The monoisotopic (exact) mass is 252 g/mol. The smallest absolute Gasteiger partial charge is 0.406 e. The predicted molar refractivity (Wildman–Crippen MR) is 55.7 cm³/mol. The molecule has 5 nitrogen and oxygen atoms in total. The van der Waals surface area contributed by atoms with Gasteiger partial charge in [-0.25, -0.2) is 0 Å². The van der Waals surface area contributed by atoms with Crippen molar-refractivity contribution in [1.82, 2.24) is 15.5 Å². The molecule has 1 aromatic rings. The predicted octanol–water partition coefficient (Wildman–Crippen LogP) is 1.74. The van der Waals surface area contributed by atoms with Crippen molar-refractivity contribution in [3.8, 4) is 0 Å². The van der Waals surface area contributed by atoms with E-state index >= 15 is 0 Å². The second-order valence-corrected chi connectivity index (χ2v) is 3.67. The summed E-state index contributed by atoms with van der Waals surface area (Å²) in [4.78, 5) is 0.870. The number of nitrogens with one attached hydrogen (secondary N) is 1. The molecule has 1 unspecified atom stereocenters. The van der Waals surface area contributed by atoms with Crippen LogP contribution < -0.4 is 10.2 Å². The van der Waals surface area contributed by atoms with Gasteiger partial charge < -0.3 is 14.6 Å². The minimum absolute atomic E-state index is 0.137. The SMILES string of the molecule is CCNC(C)c1nnc(N(C)CC(F)(F)F)o1. The van der Waals surface area contributed by atoms with Crippen molar-refractivity contribution in [3.63, 3.8) is 0 Å². The molecule has 0 saturated heterocycles. The first-order chi connectivity index (χ1) is 7.83. The fourth-order valence-electron chi connectivity index (χ4n) is 1.29. The van der Waals surface area contributed by atoms with Crippen molar-refractivity contribution < 1.29 is 17.6 Å². The van der Waals surface area contributed by atoms with E-state index < -0.39 is 12.7 Å². The lowest BCUT2D eigenvalue weighted by Gasteiger charge is -2.15. The van der Waals surface area contributed by atoms with E-state index in [4.69, 9.17) is 4.42 Å². The van der Waals surface area contributed by atoms with Gasteiger partial charge in [-0.2, -0.15) is 13.2 Å². The number of halogens is 3. The largest absolute Gasteiger partial charge is 0.406 e. The number of aromatic nitrogens is 2. The third-order valence-electron chi connectivity index (χ3n) is 2.05. The summed E-state index contributed by atoms with van der Waals surface area (Å²) in [6, 6.07) is -0.317. The summed E-state index contributed by atoms with van der Waals surface area (Å²) in [6.07, 6.45) is -4.29. The number of hydrogen-bond donors (Lipinski definition) is 1. The molecule has 1 heterocycles. The quantitative estimate of drug-likeness (QED) is 0.865. The lowest BCUT2D eigenvalue weighted by Crippen LogP contribution is -2.31. The van der Waals surface area contributed by atoms with Crippen LogP contribution in [0.25, 0.3) is 0 Å².